The molecule has 0 saturated carbocycles. The lowest BCUT2D eigenvalue weighted by Gasteiger charge is -2.15. The van der Waals surface area contributed by atoms with Crippen LogP contribution in [0.2, 0.25) is 0 Å². The molecule has 4 aromatic rings. The number of aromatic nitrogens is 2. The van der Waals surface area contributed by atoms with Gasteiger partial charge < -0.3 is 5.11 Å². The van der Waals surface area contributed by atoms with E-state index in [-0.39, 0.29) is 0 Å². The maximum absolute atomic E-state index is 10.8. The molecule has 5 heteroatoms. The number of H-pyrrole nitrogens is 1. The molecule has 4 rings (SSSR count). The average molecular weight is 415 g/mol. The van der Waals surface area contributed by atoms with Crippen molar-refractivity contribution in [3.05, 3.63) is 93.3 Å². The number of hydrogen-bond acceptors (Lipinski definition) is 3. The third-order valence-corrected chi connectivity index (χ3v) is 6.10. The molecule has 0 aliphatic carbocycles. The number of aliphatic carboxylic acids is 1. The van der Waals surface area contributed by atoms with E-state index in [2.05, 4.69) is 66.5 Å². The number of aromatic amines is 1. The molecule has 0 bridgehead atoms. The molecule has 0 aliphatic rings. The molecule has 2 aromatic heterocycles. The zero-order valence-corrected chi connectivity index (χ0v) is 17.7. The van der Waals surface area contributed by atoms with Crippen molar-refractivity contribution in [2.45, 2.75) is 20.3 Å². The number of nitrogens with one attached hydrogen (secondary N) is 1. The molecule has 150 valence electrons. The Kier molecular flexibility index (Phi) is 5.63. The Labute approximate surface area is 179 Å². The number of rotatable bonds is 6. The van der Waals surface area contributed by atoms with E-state index in [4.69, 9.17) is 5.11 Å². The van der Waals surface area contributed by atoms with E-state index in [1.54, 1.807) is 17.4 Å². The molecule has 0 unspecified atom stereocenters. The number of nitrogens with zero attached hydrogens (tertiary/aromatic N) is 1. The van der Waals surface area contributed by atoms with Gasteiger partial charge in [0.05, 0.1) is 11.7 Å². The lowest BCUT2D eigenvalue weighted by Crippen LogP contribution is -1.94. The van der Waals surface area contributed by atoms with E-state index in [0.717, 1.165) is 40.1 Å². The van der Waals surface area contributed by atoms with Gasteiger partial charge in [0.2, 0.25) is 0 Å². The fourth-order valence-electron chi connectivity index (χ4n) is 3.61. The van der Waals surface area contributed by atoms with Crippen molar-refractivity contribution in [1.82, 2.24) is 10.2 Å². The predicted octanol–water partition coefficient (Wildman–Crippen LogP) is 6.40. The number of hydrogen-bond donors (Lipinski definition) is 2. The maximum atomic E-state index is 10.8. The van der Waals surface area contributed by atoms with Gasteiger partial charge in [0.1, 0.15) is 0 Å². The molecule has 0 fully saturated rings. The third-order valence-electron chi connectivity index (χ3n) is 5.04. The smallest absolute Gasteiger partial charge is 0.328 e. The van der Waals surface area contributed by atoms with Crippen LogP contribution in [0.3, 0.4) is 0 Å². The van der Waals surface area contributed by atoms with Gasteiger partial charge in [0.25, 0.3) is 0 Å². The standard InChI is InChI=1S/C25H22N2O2S/c1-3-21(23-12-4-16(2)30-23)25(19-10-11-22-20(14-19)15-26-27-22)18-8-5-17(6-9-18)7-13-24(28)29/h4-15H,3H2,1-2H3,(H,26,27)(H,28,29)/b13-7+,25-21+. The van der Waals surface area contributed by atoms with Gasteiger partial charge in [-0.25, -0.2) is 4.79 Å². The largest absolute Gasteiger partial charge is 0.478 e. The molecule has 30 heavy (non-hydrogen) atoms. The highest BCUT2D eigenvalue weighted by Crippen LogP contribution is 2.38. The summed E-state index contributed by atoms with van der Waals surface area (Å²) in [6, 6.07) is 18.8. The summed E-state index contributed by atoms with van der Waals surface area (Å²) in [4.78, 5) is 13.4. The first-order valence-corrected chi connectivity index (χ1v) is 10.6. The van der Waals surface area contributed by atoms with Crippen LogP contribution in [-0.4, -0.2) is 21.3 Å². The summed E-state index contributed by atoms with van der Waals surface area (Å²) in [7, 11) is 0. The van der Waals surface area contributed by atoms with Gasteiger partial charge in [0, 0.05) is 21.2 Å². The highest BCUT2D eigenvalue weighted by molar-refractivity contribution is 7.13. The molecule has 0 radical (unpaired) electrons. The zero-order chi connectivity index (χ0) is 21.1. The van der Waals surface area contributed by atoms with E-state index in [9.17, 15) is 4.79 Å². The molecular weight excluding hydrogens is 392 g/mol. The van der Waals surface area contributed by atoms with Crippen LogP contribution in [0.15, 0.2) is 66.9 Å². The summed E-state index contributed by atoms with van der Waals surface area (Å²) in [6.07, 6.45) is 5.51. The highest BCUT2D eigenvalue weighted by atomic mass is 32.1. The Bertz CT molecular complexity index is 1260. The summed E-state index contributed by atoms with van der Waals surface area (Å²) in [5.41, 5.74) is 6.60. The number of benzene rings is 2. The average Bonchev–Trinajstić information content (AvgIpc) is 3.39. The van der Waals surface area contributed by atoms with Crippen LogP contribution < -0.4 is 0 Å². The van der Waals surface area contributed by atoms with Gasteiger partial charge in [-0.05, 0) is 71.5 Å². The summed E-state index contributed by atoms with van der Waals surface area (Å²) in [5, 5.41) is 17.1. The monoisotopic (exact) mass is 414 g/mol. The van der Waals surface area contributed by atoms with Crippen molar-refractivity contribution >= 4 is 45.4 Å². The molecule has 0 atom stereocenters. The van der Waals surface area contributed by atoms with Gasteiger partial charge in [-0.1, -0.05) is 37.3 Å². The number of aryl methyl sites for hydroxylation is 1. The van der Waals surface area contributed by atoms with Crippen LogP contribution in [0.5, 0.6) is 0 Å². The zero-order valence-electron chi connectivity index (χ0n) is 16.8. The van der Waals surface area contributed by atoms with Gasteiger partial charge in [-0.3, -0.25) is 5.10 Å². The lowest BCUT2D eigenvalue weighted by molar-refractivity contribution is -0.131. The van der Waals surface area contributed by atoms with Crippen molar-refractivity contribution in [3.8, 4) is 0 Å². The molecule has 4 nitrogen and oxygen atoms in total. The summed E-state index contributed by atoms with van der Waals surface area (Å²) < 4.78 is 0. The first-order chi connectivity index (χ1) is 14.5. The summed E-state index contributed by atoms with van der Waals surface area (Å²) in [5.74, 6) is -0.950. The number of carbonyl (C=O) groups is 1. The number of carboxylic acids is 1. The fraction of sp³-hybridized carbons (Fsp3) is 0.120. The highest BCUT2D eigenvalue weighted by Gasteiger charge is 2.15. The number of carboxylic acid groups (broad SMARTS) is 1. The minimum absolute atomic E-state index is 0.857. The summed E-state index contributed by atoms with van der Waals surface area (Å²) >= 11 is 1.81. The third kappa shape index (κ3) is 4.11. The number of thiophene rings is 1. The predicted molar refractivity (Wildman–Crippen MR) is 124 cm³/mol. The van der Waals surface area contributed by atoms with Crippen molar-refractivity contribution in [2.75, 3.05) is 0 Å². The van der Waals surface area contributed by atoms with Crippen LogP contribution in [0, 0.1) is 6.92 Å². The number of allylic oxidation sites excluding steroid dienone is 1. The van der Waals surface area contributed by atoms with Crippen molar-refractivity contribution < 1.29 is 9.90 Å². The molecule has 2 N–H and O–H groups in total. The molecule has 2 aromatic carbocycles. The van der Waals surface area contributed by atoms with Gasteiger partial charge in [0.15, 0.2) is 0 Å². The minimum atomic E-state index is -0.950. The first kappa shape index (κ1) is 19.9. The Morgan fingerprint density at radius 2 is 1.87 bits per heavy atom. The van der Waals surface area contributed by atoms with Crippen LogP contribution in [0.4, 0.5) is 0 Å². The van der Waals surface area contributed by atoms with Gasteiger partial charge in [-0.15, -0.1) is 11.3 Å². The van der Waals surface area contributed by atoms with Gasteiger partial charge in [-0.2, -0.15) is 5.10 Å². The molecule has 0 saturated heterocycles. The van der Waals surface area contributed by atoms with Crippen LogP contribution in [0.25, 0.3) is 28.1 Å². The van der Waals surface area contributed by atoms with E-state index in [1.165, 1.54) is 20.9 Å². The Morgan fingerprint density at radius 3 is 2.53 bits per heavy atom. The van der Waals surface area contributed by atoms with Crippen molar-refractivity contribution in [1.29, 1.82) is 0 Å². The molecule has 2 heterocycles. The van der Waals surface area contributed by atoms with Crippen molar-refractivity contribution in [2.24, 2.45) is 0 Å². The van der Waals surface area contributed by atoms with Crippen LogP contribution in [0.1, 0.15) is 39.8 Å². The second kappa shape index (κ2) is 8.51. The van der Waals surface area contributed by atoms with Crippen LogP contribution in [-0.2, 0) is 4.79 Å². The molecule has 0 amide bonds. The Morgan fingerprint density at radius 1 is 1.10 bits per heavy atom. The Hall–Kier alpha value is -3.44. The molecular formula is C25H22N2O2S. The lowest BCUT2D eigenvalue weighted by atomic mass is 9.90. The normalized spacial score (nSPS) is 12.5. The van der Waals surface area contributed by atoms with E-state index in [0.29, 0.717) is 0 Å². The second-order valence-electron chi connectivity index (χ2n) is 7.08. The minimum Gasteiger partial charge on any atom is -0.478 e. The SMILES string of the molecule is CC/C(=C(/c1ccc(/C=C/C(=O)O)cc1)c1ccc2[nH]ncc2c1)c1ccc(C)s1. The van der Waals surface area contributed by atoms with E-state index >= 15 is 0 Å². The summed E-state index contributed by atoms with van der Waals surface area (Å²) in [6.45, 7) is 4.31. The topological polar surface area (TPSA) is 66.0 Å². The quantitative estimate of drug-likeness (QED) is 0.359. The maximum Gasteiger partial charge on any atom is 0.328 e. The van der Waals surface area contributed by atoms with Crippen molar-refractivity contribution in [3.63, 3.8) is 0 Å². The molecule has 0 aliphatic heterocycles. The van der Waals surface area contributed by atoms with E-state index in [1.807, 2.05) is 18.3 Å². The van der Waals surface area contributed by atoms with E-state index < -0.39 is 5.97 Å². The van der Waals surface area contributed by atoms with Crippen LogP contribution >= 0.6 is 11.3 Å². The number of fused-ring (bicyclic) bond motifs is 1. The molecule has 0 spiro atoms. The fourth-order valence-corrected chi connectivity index (χ4v) is 4.60. The second-order valence-corrected chi connectivity index (χ2v) is 8.37. The van der Waals surface area contributed by atoms with Gasteiger partial charge >= 0.3 is 5.97 Å². The first-order valence-electron chi connectivity index (χ1n) is 9.80. The Balaban J connectivity index is 1.89.